The highest BCUT2D eigenvalue weighted by atomic mass is 16.3. The third-order valence-electron chi connectivity index (χ3n) is 9.33. The summed E-state index contributed by atoms with van der Waals surface area (Å²) in [5.41, 5.74) is 8.57. The number of fused-ring (bicyclic) bond motifs is 7. The van der Waals surface area contributed by atoms with E-state index >= 15 is 0 Å². The minimum atomic E-state index is -0.483. The van der Waals surface area contributed by atoms with Gasteiger partial charge in [0.1, 0.15) is 34.0 Å². The van der Waals surface area contributed by atoms with Crippen molar-refractivity contribution in [1.29, 1.82) is 0 Å². The molecule has 0 amide bonds. The van der Waals surface area contributed by atoms with Gasteiger partial charge >= 0.3 is 0 Å². The Kier molecular flexibility index (Phi) is 5.87. The van der Waals surface area contributed by atoms with Crippen LogP contribution in [0.15, 0.2) is 170 Å². The zero-order chi connectivity index (χ0) is 31.6. The Morgan fingerprint density at radius 2 is 1.08 bits per heavy atom. The van der Waals surface area contributed by atoms with Crippen molar-refractivity contribution < 1.29 is 8.83 Å². The zero-order valence-electron chi connectivity index (χ0n) is 25.7. The van der Waals surface area contributed by atoms with Gasteiger partial charge in [-0.05, 0) is 64.4 Å². The molecular weight excluding hydrogens is 590 g/mol. The first-order valence-corrected chi connectivity index (χ1v) is 16.1. The number of nitrogens with one attached hydrogen (secondary N) is 1. The summed E-state index contributed by atoms with van der Waals surface area (Å²) in [6.07, 6.45) is -0.483. The van der Waals surface area contributed by atoms with Crippen LogP contribution in [0, 0.1) is 0 Å². The molecule has 1 aliphatic heterocycles. The molecule has 0 bridgehead atoms. The van der Waals surface area contributed by atoms with Crippen molar-refractivity contribution in [2.45, 2.75) is 6.17 Å². The molecule has 1 aliphatic rings. The predicted molar refractivity (Wildman–Crippen MR) is 196 cm³/mol. The van der Waals surface area contributed by atoms with Gasteiger partial charge in [0.15, 0.2) is 6.17 Å². The Hall–Kier alpha value is -6.46. The van der Waals surface area contributed by atoms with Gasteiger partial charge in [0.05, 0.1) is 0 Å². The van der Waals surface area contributed by atoms with Crippen molar-refractivity contribution in [2.75, 3.05) is 0 Å². The summed E-state index contributed by atoms with van der Waals surface area (Å²) in [4.78, 5) is 10.4. The highest BCUT2D eigenvalue weighted by molar-refractivity contribution is 6.17. The van der Waals surface area contributed by atoms with Crippen molar-refractivity contribution >= 4 is 66.3 Å². The third kappa shape index (κ3) is 4.32. The minimum Gasteiger partial charge on any atom is -0.456 e. The lowest BCUT2D eigenvalue weighted by Crippen LogP contribution is -2.36. The molecule has 0 spiro atoms. The molecule has 7 aromatic carbocycles. The van der Waals surface area contributed by atoms with Crippen LogP contribution < -0.4 is 5.32 Å². The summed E-state index contributed by atoms with van der Waals surface area (Å²) in [6.45, 7) is 0. The molecule has 0 saturated heterocycles. The summed E-state index contributed by atoms with van der Waals surface area (Å²) in [5.74, 6) is 1.56. The lowest BCUT2D eigenvalue weighted by molar-refractivity contribution is 0.667. The van der Waals surface area contributed by atoms with Gasteiger partial charge in [-0.15, -0.1) is 0 Å². The van der Waals surface area contributed by atoms with Crippen LogP contribution in [0.5, 0.6) is 0 Å². The highest BCUT2D eigenvalue weighted by Crippen LogP contribution is 2.39. The molecule has 0 fully saturated rings. The molecule has 226 valence electrons. The largest absolute Gasteiger partial charge is 0.456 e. The number of amidine groups is 2. The number of benzene rings is 7. The number of hydrogen-bond acceptors (Lipinski definition) is 5. The van der Waals surface area contributed by atoms with Gasteiger partial charge in [-0.3, -0.25) is 0 Å². The van der Waals surface area contributed by atoms with Gasteiger partial charge in [0.25, 0.3) is 0 Å². The lowest BCUT2D eigenvalue weighted by Gasteiger charge is -2.23. The van der Waals surface area contributed by atoms with E-state index in [9.17, 15) is 0 Å². The molecule has 0 saturated carbocycles. The average Bonchev–Trinajstić information content (AvgIpc) is 3.72. The number of rotatable bonds is 4. The zero-order valence-corrected chi connectivity index (χ0v) is 25.7. The molecular formula is C43H27N3O2. The maximum atomic E-state index is 6.42. The standard InChI is InChI=1S/C43H27N3O2/c1-2-10-27(11-3-1)41-44-42(31-18-17-26-9-4-5-12-28(26)23-31)46-43(45-41)34-14-8-16-38-40(34)35-24-29(20-22-37(35)47-38)30-19-21-33-32-13-6-7-15-36(32)48-39(33)25-30/h1-25,43H,(H,44,45,46). The van der Waals surface area contributed by atoms with E-state index in [0.717, 1.165) is 88.8 Å². The molecule has 1 N–H and O–H groups in total. The molecule has 5 nitrogen and oxygen atoms in total. The fraction of sp³-hybridized carbons (Fsp3) is 0.0233. The molecule has 0 radical (unpaired) electrons. The first-order chi connectivity index (χ1) is 23.7. The first-order valence-electron chi connectivity index (χ1n) is 16.1. The molecule has 2 aromatic heterocycles. The summed E-state index contributed by atoms with van der Waals surface area (Å²) in [7, 11) is 0. The summed E-state index contributed by atoms with van der Waals surface area (Å²) < 4.78 is 12.6. The van der Waals surface area contributed by atoms with Crippen LogP contribution in [0.25, 0.3) is 65.8 Å². The van der Waals surface area contributed by atoms with Crippen molar-refractivity contribution in [3.8, 4) is 11.1 Å². The van der Waals surface area contributed by atoms with Crippen molar-refractivity contribution in [3.05, 3.63) is 168 Å². The minimum absolute atomic E-state index is 0.483. The van der Waals surface area contributed by atoms with Crippen LogP contribution in [0.4, 0.5) is 0 Å². The normalized spacial score (nSPS) is 14.9. The van der Waals surface area contributed by atoms with Crippen LogP contribution in [0.1, 0.15) is 22.9 Å². The second-order valence-electron chi connectivity index (χ2n) is 12.2. The van der Waals surface area contributed by atoms with E-state index in [1.807, 2.05) is 48.5 Å². The van der Waals surface area contributed by atoms with E-state index in [0.29, 0.717) is 0 Å². The van der Waals surface area contributed by atoms with Gasteiger partial charge in [-0.25, -0.2) is 9.98 Å². The van der Waals surface area contributed by atoms with E-state index in [4.69, 9.17) is 18.8 Å². The summed E-state index contributed by atoms with van der Waals surface area (Å²) >= 11 is 0. The second kappa shape index (κ2) is 10.5. The van der Waals surface area contributed by atoms with Crippen LogP contribution >= 0.6 is 0 Å². The first kappa shape index (κ1) is 26.7. The Balaban J connectivity index is 1.14. The molecule has 9 aromatic rings. The van der Waals surface area contributed by atoms with Gasteiger partial charge in [0.2, 0.25) is 0 Å². The average molecular weight is 618 g/mol. The van der Waals surface area contributed by atoms with Gasteiger partial charge in [0, 0.05) is 38.2 Å². The number of aliphatic imine (C=N–C) groups is 2. The molecule has 10 rings (SSSR count). The molecule has 3 heterocycles. The van der Waals surface area contributed by atoms with E-state index in [2.05, 4.69) is 108 Å². The highest BCUT2D eigenvalue weighted by Gasteiger charge is 2.24. The van der Waals surface area contributed by atoms with Crippen LogP contribution in [0.3, 0.4) is 0 Å². The quantitative estimate of drug-likeness (QED) is 0.214. The van der Waals surface area contributed by atoms with Crippen molar-refractivity contribution in [1.82, 2.24) is 5.32 Å². The fourth-order valence-electron chi connectivity index (χ4n) is 6.97. The van der Waals surface area contributed by atoms with E-state index < -0.39 is 6.17 Å². The second-order valence-corrected chi connectivity index (χ2v) is 12.2. The SMILES string of the molecule is c1ccc(C2=NC(c3cccc4oc5ccc(-c6ccc7c(c6)oc6ccccc67)cc5c34)N=C(c3ccc4ccccc4c3)N2)cc1. The molecule has 1 unspecified atom stereocenters. The Morgan fingerprint density at radius 3 is 2.00 bits per heavy atom. The fourth-order valence-corrected chi connectivity index (χ4v) is 6.97. The van der Waals surface area contributed by atoms with Gasteiger partial charge < -0.3 is 14.2 Å². The number of furan rings is 2. The van der Waals surface area contributed by atoms with Gasteiger partial charge in [-0.1, -0.05) is 109 Å². The van der Waals surface area contributed by atoms with E-state index in [-0.39, 0.29) is 0 Å². The van der Waals surface area contributed by atoms with Crippen LogP contribution in [-0.4, -0.2) is 11.7 Å². The van der Waals surface area contributed by atoms with Crippen LogP contribution in [0.2, 0.25) is 0 Å². The Bertz CT molecular complexity index is 2770. The summed E-state index contributed by atoms with van der Waals surface area (Å²) in [6, 6.07) is 52.2. The number of hydrogen-bond donors (Lipinski definition) is 1. The number of nitrogens with zero attached hydrogens (tertiary/aromatic N) is 2. The number of para-hydroxylation sites is 1. The maximum Gasteiger partial charge on any atom is 0.170 e. The Labute approximate surface area is 275 Å². The van der Waals surface area contributed by atoms with Crippen LogP contribution in [-0.2, 0) is 0 Å². The van der Waals surface area contributed by atoms with Crippen molar-refractivity contribution in [2.24, 2.45) is 9.98 Å². The van der Waals surface area contributed by atoms with E-state index in [1.54, 1.807) is 0 Å². The molecule has 5 heteroatoms. The maximum absolute atomic E-state index is 6.42. The summed E-state index contributed by atoms with van der Waals surface area (Å²) in [5, 5.41) is 10.2. The molecule has 1 atom stereocenters. The van der Waals surface area contributed by atoms with Crippen molar-refractivity contribution in [3.63, 3.8) is 0 Å². The smallest absolute Gasteiger partial charge is 0.170 e. The van der Waals surface area contributed by atoms with Gasteiger partial charge in [-0.2, -0.15) is 0 Å². The third-order valence-corrected chi connectivity index (χ3v) is 9.33. The molecule has 48 heavy (non-hydrogen) atoms. The molecule has 0 aliphatic carbocycles. The monoisotopic (exact) mass is 617 g/mol. The lowest BCUT2D eigenvalue weighted by atomic mass is 9.99. The topological polar surface area (TPSA) is 63.0 Å². The van der Waals surface area contributed by atoms with E-state index in [1.165, 1.54) is 5.39 Å². The predicted octanol–water partition coefficient (Wildman–Crippen LogP) is 10.8. The Morgan fingerprint density at radius 1 is 0.417 bits per heavy atom.